The fourth-order valence-electron chi connectivity index (χ4n) is 4.89. The van der Waals surface area contributed by atoms with Crippen molar-refractivity contribution in [1.82, 2.24) is 4.90 Å². The number of hydrogen-bond donors (Lipinski definition) is 1. The molecule has 5 nitrogen and oxygen atoms in total. The Morgan fingerprint density at radius 2 is 1.70 bits per heavy atom. The Labute approximate surface area is 193 Å². The molecule has 2 aromatic carbocycles. The summed E-state index contributed by atoms with van der Waals surface area (Å²) < 4.78 is 19.2. The van der Waals surface area contributed by atoms with E-state index in [-0.39, 0.29) is 22.8 Å². The molecular formula is C27H30FNO4. The van der Waals surface area contributed by atoms with Crippen molar-refractivity contribution in [2.75, 3.05) is 7.11 Å². The number of benzene rings is 2. The second kappa shape index (κ2) is 8.65. The van der Waals surface area contributed by atoms with Crippen molar-refractivity contribution in [3.8, 4) is 5.75 Å². The predicted molar refractivity (Wildman–Crippen MR) is 124 cm³/mol. The number of carbonyl (C=O) groups is 2. The van der Waals surface area contributed by atoms with Gasteiger partial charge in [0.15, 0.2) is 0 Å². The average molecular weight is 452 g/mol. The zero-order valence-corrected chi connectivity index (χ0v) is 19.5. The lowest BCUT2D eigenvalue weighted by Gasteiger charge is -2.31. The summed E-state index contributed by atoms with van der Waals surface area (Å²) in [6, 6.07) is 10.4. The Balaban J connectivity index is 1.94. The van der Waals surface area contributed by atoms with Crippen molar-refractivity contribution in [3.63, 3.8) is 0 Å². The molecule has 6 heteroatoms. The third-order valence-electron chi connectivity index (χ3n) is 6.70. The van der Waals surface area contributed by atoms with E-state index >= 15 is 0 Å². The van der Waals surface area contributed by atoms with Gasteiger partial charge in [-0.25, -0.2) is 4.39 Å². The van der Waals surface area contributed by atoms with Crippen molar-refractivity contribution in [3.05, 3.63) is 70.5 Å². The molecule has 1 saturated carbocycles. The number of aliphatic hydroxyl groups is 1. The smallest absolute Gasteiger partial charge is 0.295 e. The number of halogens is 1. The van der Waals surface area contributed by atoms with E-state index in [0.717, 1.165) is 31.2 Å². The highest BCUT2D eigenvalue weighted by Gasteiger charge is 2.49. The van der Waals surface area contributed by atoms with Crippen LogP contribution >= 0.6 is 0 Å². The van der Waals surface area contributed by atoms with E-state index in [1.54, 1.807) is 29.2 Å². The Morgan fingerprint density at radius 1 is 1.06 bits per heavy atom. The second-order valence-corrected chi connectivity index (χ2v) is 9.86. The number of Topliss-reactive ketones (excluding diaryl/α,β-unsaturated/α-hetero) is 1. The van der Waals surface area contributed by atoms with Crippen LogP contribution in [0.1, 0.15) is 69.2 Å². The first-order valence-electron chi connectivity index (χ1n) is 11.4. The van der Waals surface area contributed by atoms with Gasteiger partial charge in [-0.15, -0.1) is 0 Å². The molecular weight excluding hydrogens is 421 g/mol. The van der Waals surface area contributed by atoms with Crippen LogP contribution in [0, 0.1) is 5.82 Å². The number of amides is 1. The molecule has 1 unspecified atom stereocenters. The number of aliphatic hydroxyl groups excluding tert-OH is 1. The highest BCUT2D eigenvalue weighted by atomic mass is 19.1. The van der Waals surface area contributed by atoms with Gasteiger partial charge < -0.3 is 14.7 Å². The molecule has 2 fully saturated rings. The first-order chi connectivity index (χ1) is 15.6. The van der Waals surface area contributed by atoms with Crippen LogP contribution in [-0.2, 0) is 15.0 Å². The first-order valence-corrected chi connectivity index (χ1v) is 11.4. The summed E-state index contributed by atoms with van der Waals surface area (Å²) in [5, 5.41) is 11.5. The first kappa shape index (κ1) is 23.0. The number of rotatable bonds is 4. The lowest BCUT2D eigenvalue weighted by molar-refractivity contribution is -0.141. The molecule has 2 aromatic rings. The second-order valence-electron chi connectivity index (χ2n) is 9.86. The Morgan fingerprint density at radius 3 is 2.27 bits per heavy atom. The average Bonchev–Trinajstić information content (AvgIpc) is 3.39. The summed E-state index contributed by atoms with van der Waals surface area (Å²) in [5.74, 6) is -1.62. The molecule has 33 heavy (non-hydrogen) atoms. The Kier molecular flexibility index (Phi) is 6.04. The normalized spacial score (nSPS) is 21.1. The van der Waals surface area contributed by atoms with Gasteiger partial charge in [-0.05, 0) is 53.6 Å². The fourth-order valence-corrected chi connectivity index (χ4v) is 4.89. The monoisotopic (exact) mass is 451 g/mol. The molecule has 1 amide bonds. The maximum absolute atomic E-state index is 13.7. The van der Waals surface area contributed by atoms with Crippen molar-refractivity contribution in [2.24, 2.45) is 0 Å². The SMILES string of the molecule is COc1ccc(C(C)(C)C)cc1/C(O)=C1\C(=O)C(=O)N(C2CCCC2)C1c1ccc(F)cc1. The molecule has 174 valence electrons. The maximum Gasteiger partial charge on any atom is 0.295 e. The number of methoxy groups -OCH3 is 1. The van der Waals surface area contributed by atoms with Crippen molar-refractivity contribution in [2.45, 2.75) is 64.0 Å². The summed E-state index contributed by atoms with van der Waals surface area (Å²) in [6.07, 6.45) is 3.55. The molecule has 1 saturated heterocycles. The topological polar surface area (TPSA) is 66.8 Å². The largest absolute Gasteiger partial charge is 0.507 e. The minimum absolute atomic E-state index is 0.0165. The van der Waals surface area contributed by atoms with Crippen molar-refractivity contribution in [1.29, 1.82) is 0 Å². The van der Waals surface area contributed by atoms with E-state index in [1.165, 1.54) is 19.2 Å². The molecule has 0 radical (unpaired) electrons. The molecule has 1 aliphatic carbocycles. The molecule has 0 bridgehead atoms. The molecule has 2 aliphatic rings. The maximum atomic E-state index is 13.7. The summed E-state index contributed by atoms with van der Waals surface area (Å²) in [5.41, 5.74) is 1.72. The van der Waals surface area contributed by atoms with Crippen LogP contribution in [0.5, 0.6) is 5.75 Å². The lowest BCUT2D eigenvalue weighted by Crippen LogP contribution is -2.37. The van der Waals surface area contributed by atoms with Crippen LogP contribution < -0.4 is 4.74 Å². The molecule has 1 N–H and O–H groups in total. The van der Waals surface area contributed by atoms with Crippen molar-refractivity contribution >= 4 is 17.4 Å². The van der Waals surface area contributed by atoms with E-state index in [1.807, 2.05) is 6.07 Å². The van der Waals surface area contributed by atoms with Crippen LogP contribution in [-0.4, -0.2) is 34.8 Å². The quantitative estimate of drug-likeness (QED) is 0.379. The van der Waals surface area contributed by atoms with E-state index in [2.05, 4.69) is 20.8 Å². The minimum Gasteiger partial charge on any atom is -0.507 e. The number of ether oxygens (including phenoxy) is 1. The minimum atomic E-state index is -0.781. The standard InChI is InChI=1S/C27H30FNO4/c1-27(2,3)17-11-14-21(33-4)20(15-17)24(30)22-23(16-9-12-18(28)13-10-16)29(26(32)25(22)31)19-7-5-6-8-19/h9-15,19,23,30H,5-8H2,1-4H3/b24-22+. The van der Waals surface area contributed by atoms with Crippen molar-refractivity contribution < 1.29 is 23.8 Å². The molecule has 1 atom stereocenters. The predicted octanol–water partition coefficient (Wildman–Crippen LogP) is 5.50. The van der Waals surface area contributed by atoms with Crippen LogP contribution in [0.15, 0.2) is 48.0 Å². The third-order valence-corrected chi connectivity index (χ3v) is 6.70. The lowest BCUT2D eigenvalue weighted by atomic mass is 9.85. The van der Waals surface area contributed by atoms with Gasteiger partial charge in [0.05, 0.1) is 24.3 Å². The van der Waals surface area contributed by atoms with E-state index < -0.39 is 23.5 Å². The van der Waals surface area contributed by atoms with E-state index in [0.29, 0.717) is 16.9 Å². The van der Waals surface area contributed by atoms with E-state index in [4.69, 9.17) is 4.74 Å². The Bertz CT molecular complexity index is 1110. The molecule has 0 spiro atoms. The van der Waals surface area contributed by atoms with Gasteiger partial charge in [-0.2, -0.15) is 0 Å². The zero-order chi connectivity index (χ0) is 23.9. The summed E-state index contributed by atoms with van der Waals surface area (Å²) >= 11 is 0. The van der Waals surface area contributed by atoms with Gasteiger partial charge in [0.25, 0.3) is 11.7 Å². The van der Waals surface area contributed by atoms with Crippen LogP contribution in [0.4, 0.5) is 4.39 Å². The Hall–Kier alpha value is -3.15. The zero-order valence-electron chi connectivity index (χ0n) is 19.5. The third kappa shape index (κ3) is 4.14. The van der Waals surface area contributed by atoms with Gasteiger partial charge in [0.1, 0.15) is 17.3 Å². The number of carbonyl (C=O) groups excluding carboxylic acids is 2. The number of hydrogen-bond acceptors (Lipinski definition) is 4. The van der Waals surface area contributed by atoms with Gasteiger partial charge in [-0.1, -0.05) is 51.8 Å². The number of nitrogens with zero attached hydrogens (tertiary/aromatic N) is 1. The number of likely N-dealkylation sites (tertiary alicyclic amines) is 1. The van der Waals surface area contributed by atoms with Crippen LogP contribution in [0.25, 0.3) is 5.76 Å². The molecule has 0 aromatic heterocycles. The van der Waals surface area contributed by atoms with E-state index in [9.17, 15) is 19.1 Å². The van der Waals surface area contributed by atoms with Crippen LogP contribution in [0.3, 0.4) is 0 Å². The van der Waals surface area contributed by atoms with Gasteiger partial charge in [0.2, 0.25) is 0 Å². The van der Waals surface area contributed by atoms with Gasteiger partial charge in [-0.3, -0.25) is 9.59 Å². The molecule has 1 heterocycles. The molecule has 4 rings (SSSR count). The highest BCUT2D eigenvalue weighted by Crippen LogP contribution is 2.44. The number of ketones is 1. The van der Waals surface area contributed by atoms with Gasteiger partial charge >= 0.3 is 0 Å². The summed E-state index contributed by atoms with van der Waals surface area (Å²) in [7, 11) is 1.50. The highest BCUT2D eigenvalue weighted by molar-refractivity contribution is 6.46. The van der Waals surface area contributed by atoms with Crippen LogP contribution in [0.2, 0.25) is 0 Å². The molecule has 1 aliphatic heterocycles. The summed E-state index contributed by atoms with van der Waals surface area (Å²) in [6.45, 7) is 6.16. The summed E-state index contributed by atoms with van der Waals surface area (Å²) in [4.78, 5) is 28.1. The van der Waals surface area contributed by atoms with Gasteiger partial charge in [0, 0.05) is 6.04 Å². The fraction of sp³-hybridized carbons (Fsp3) is 0.407.